The van der Waals surface area contributed by atoms with E-state index < -0.39 is 0 Å². The van der Waals surface area contributed by atoms with Crippen LogP contribution in [0.15, 0.2) is 0 Å². The van der Waals surface area contributed by atoms with E-state index in [0.29, 0.717) is 0 Å². The Morgan fingerprint density at radius 2 is 1.90 bits per heavy atom. The average Bonchev–Trinajstić information content (AvgIpc) is 2.30. The molecule has 0 aromatic heterocycles. The third kappa shape index (κ3) is 1.34. The zero-order chi connectivity index (χ0) is 6.81. The van der Waals surface area contributed by atoms with E-state index in [9.17, 15) is 0 Å². The predicted octanol–water partition coefficient (Wildman–Crippen LogP) is 2.21. The fraction of sp³-hybridized carbons (Fsp3) is 1.00. The zero-order valence-corrected chi connectivity index (χ0v) is 6.51. The summed E-state index contributed by atoms with van der Waals surface area (Å²) in [7, 11) is 0. The van der Waals surface area contributed by atoms with Gasteiger partial charge in [-0.25, -0.2) is 0 Å². The molecule has 1 saturated carbocycles. The van der Waals surface area contributed by atoms with Crippen LogP contribution >= 0.6 is 0 Å². The normalized spacial score (nSPS) is 40.8. The number of rotatable bonds is 0. The van der Waals surface area contributed by atoms with Crippen LogP contribution in [0.1, 0.15) is 32.1 Å². The maximum absolute atomic E-state index is 5.50. The number of ether oxygens (including phenoxy) is 1. The summed E-state index contributed by atoms with van der Waals surface area (Å²) >= 11 is 0. The fourth-order valence-electron chi connectivity index (χ4n) is 2.32. The van der Waals surface area contributed by atoms with E-state index >= 15 is 0 Å². The number of fused-ring (bicyclic) bond motifs is 2. The molecular weight excluding hydrogens is 124 g/mol. The van der Waals surface area contributed by atoms with E-state index in [1.165, 1.54) is 32.1 Å². The summed E-state index contributed by atoms with van der Waals surface area (Å²) in [6, 6.07) is 0. The largest absolute Gasteiger partial charge is 0.381 e. The monoisotopic (exact) mass is 140 g/mol. The molecule has 2 atom stereocenters. The molecule has 1 aliphatic heterocycles. The molecule has 1 aliphatic carbocycles. The second kappa shape index (κ2) is 2.91. The van der Waals surface area contributed by atoms with Gasteiger partial charge in [0.25, 0.3) is 0 Å². The molecule has 2 fully saturated rings. The summed E-state index contributed by atoms with van der Waals surface area (Å²) in [5.41, 5.74) is 0. The Balaban J connectivity index is 1.91. The smallest absolute Gasteiger partial charge is 0.0494 e. The van der Waals surface area contributed by atoms with Crippen LogP contribution in [0, 0.1) is 11.8 Å². The first-order chi connectivity index (χ1) is 4.95. The van der Waals surface area contributed by atoms with Gasteiger partial charge in [-0.05, 0) is 37.5 Å². The highest BCUT2D eigenvalue weighted by molar-refractivity contribution is 4.76. The highest BCUT2D eigenvalue weighted by Crippen LogP contribution is 2.35. The topological polar surface area (TPSA) is 9.23 Å². The van der Waals surface area contributed by atoms with E-state index in [1.807, 2.05) is 0 Å². The number of hydrogen-bond acceptors (Lipinski definition) is 1. The van der Waals surface area contributed by atoms with Gasteiger partial charge in [0.2, 0.25) is 0 Å². The second-order valence-electron chi connectivity index (χ2n) is 3.76. The lowest BCUT2D eigenvalue weighted by Crippen LogP contribution is -2.10. The van der Waals surface area contributed by atoms with Crippen molar-refractivity contribution < 1.29 is 4.74 Å². The fourth-order valence-corrected chi connectivity index (χ4v) is 2.32. The molecule has 2 aliphatic rings. The molecule has 0 aromatic carbocycles. The molecule has 1 heteroatoms. The maximum atomic E-state index is 5.50. The Morgan fingerprint density at radius 3 is 2.90 bits per heavy atom. The Kier molecular flexibility index (Phi) is 1.94. The maximum Gasteiger partial charge on any atom is 0.0494 e. The van der Waals surface area contributed by atoms with Gasteiger partial charge >= 0.3 is 0 Å². The van der Waals surface area contributed by atoms with Gasteiger partial charge in [0.05, 0.1) is 0 Å². The van der Waals surface area contributed by atoms with Crippen LogP contribution in [0.5, 0.6) is 0 Å². The lowest BCUT2D eigenvalue weighted by atomic mass is 9.99. The van der Waals surface area contributed by atoms with Crippen LogP contribution in [0.25, 0.3) is 0 Å². The molecule has 0 spiro atoms. The summed E-state index contributed by atoms with van der Waals surface area (Å²) < 4.78 is 5.50. The zero-order valence-electron chi connectivity index (χ0n) is 6.51. The van der Waals surface area contributed by atoms with Gasteiger partial charge in [0.1, 0.15) is 0 Å². The Bertz CT molecular complexity index is 99.3. The van der Waals surface area contributed by atoms with Crippen molar-refractivity contribution in [2.45, 2.75) is 32.1 Å². The molecule has 2 rings (SSSR count). The molecular formula is C9H16O. The minimum absolute atomic E-state index is 0.922. The summed E-state index contributed by atoms with van der Waals surface area (Å²) in [6.07, 6.45) is 7.10. The lowest BCUT2D eigenvalue weighted by Gasteiger charge is -2.15. The van der Waals surface area contributed by atoms with E-state index in [0.717, 1.165) is 25.0 Å². The quantitative estimate of drug-likeness (QED) is 0.501. The first kappa shape index (κ1) is 6.66. The average molecular weight is 140 g/mol. The third-order valence-corrected chi connectivity index (χ3v) is 2.90. The van der Waals surface area contributed by atoms with Crippen LogP contribution in [0.3, 0.4) is 0 Å². The molecule has 0 radical (unpaired) electrons. The SMILES string of the molecule is C1COCC2CCC(C1)C2. The van der Waals surface area contributed by atoms with Crippen molar-refractivity contribution in [1.29, 1.82) is 0 Å². The van der Waals surface area contributed by atoms with Gasteiger partial charge < -0.3 is 4.74 Å². The van der Waals surface area contributed by atoms with Crippen molar-refractivity contribution in [3.8, 4) is 0 Å². The minimum Gasteiger partial charge on any atom is -0.381 e. The highest BCUT2D eigenvalue weighted by atomic mass is 16.5. The van der Waals surface area contributed by atoms with Crippen LogP contribution < -0.4 is 0 Å². The summed E-state index contributed by atoms with van der Waals surface area (Å²) in [4.78, 5) is 0. The summed E-state index contributed by atoms with van der Waals surface area (Å²) in [5.74, 6) is 1.99. The van der Waals surface area contributed by atoms with E-state index in [-0.39, 0.29) is 0 Å². The van der Waals surface area contributed by atoms with Crippen LogP contribution in [0.2, 0.25) is 0 Å². The van der Waals surface area contributed by atoms with Crippen molar-refractivity contribution in [2.24, 2.45) is 11.8 Å². The van der Waals surface area contributed by atoms with E-state index in [2.05, 4.69) is 0 Å². The van der Waals surface area contributed by atoms with Crippen molar-refractivity contribution >= 4 is 0 Å². The molecule has 1 heterocycles. The molecule has 0 N–H and O–H groups in total. The third-order valence-electron chi connectivity index (χ3n) is 2.90. The second-order valence-corrected chi connectivity index (χ2v) is 3.76. The summed E-state index contributed by atoms with van der Waals surface area (Å²) in [6.45, 7) is 2.07. The first-order valence-corrected chi connectivity index (χ1v) is 4.53. The van der Waals surface area contributed by atoms with Crippen LogP contribution in [-0.2, 0) is 4.74 Å². The molecule has 58 valence electrons. The lowest BCUT2D eigenvalue weighted by molar-refractivity contribution is 0.0854. The van der Waals surface area contributed by atoms with E-state index in [1.54, 1.807) is 0 Å². The van der Waals surface area contributed by atoms with Gasteiger partial charge in [0.15, 0.2) is 0 Å². The van der Waals surface area contributed by atoms with Crippen molar-refractivity contribution in [3.63, 3.8) is 0 Å². The van der Waals surface area contributed by atoms with Gasteiger partial charge in [0, 0.05) is 13.2 Å². The molecule has 1 nitrogen and oxygen atoms in total. The van der Waals surface area contributed by atoms with E-state index in [4.69, 9.17) is 4.74 Å². The van der Waals surface area contributed by atoms with Crippen molar-refractivity contribution in [2.75, 3.05) is 13.2 Å². The van der Waals surface area contributed by atoms with Crippen LogP contribution in [-0.4, -0.2) is 13.2 Å². The van der Waals surface area contributed by atoms with Crippen molar-refractivity contribution in [1.82, 2.24) is 0 Å². The highest BCUT2D eigenvalue weighted by Gasteiger charge is 2.25. The Labute approximate surface area is 62.8 Å². The molecule has 2 bridgehead atoms. The minimum atomic E-state index is 0.922. The predicted molar refractivity (Wildman–Crippen MR) is 40.9 cm³/mol. The molecule has 0 amide bonds. The Morgan fingerprint density at radius 1 is 1.00 bits per heavy atom. The van der Waals surface area contributed by atoms with Gasteiger partial charge in [-0.15, -0.1) is 0 Å². The Hall–Kier alpha value is -0.0400. The summed E-state index contributed by atoms with van der Waals surface area (Å²) in [5, 5.41) is 0. The van der Waals surface area contributed by atoms with Gasteiger partial charge in [-0.3, -0.25) is 0 Å². The molecule has 1 saturated heterocycles. The van der Waals surface area contributed by atoms with Gasteiger partial charge in [-0.1, -0.05) is 6.42 Å². The molecule has 0 aromatic rings. The van der Waals surface area contributed by atoms with Crippen molar-refractivity contribution in [3.05, 3.63) is 0 Å². The first-order valence-electron chi connectivity index (χ1n) is 4.53. The van der Waals surface area contributed by atoms with Crippen LogP contribution in [0.4, 0.5) is 0 Å². The molecule has 10 heavy (non-hydrogen) atoms. The number of hydrogen-bond donors (Lipinski definition) is 0. The van der Waals surface area contributed by atoms with Gasteiger partial charge in [-0.2, -0.15) is 0 Å². The molecule has 2 unspecified atom stereocenters. The standard InChI is InChI=1S/C9H16O/c1-2-8-3-4-9(6-8)7-10-5-1/h8-9H,1-7H2.